The predicted molar refractivity (Wildman–Crippen MR) is 115 cm³/mol. The van der Waals surface area contributed by atoms with Gasteiger partial charge in [0.2, 0.25) is 0 Å². The number of rotatable bonds is 3. The van der Waals surface area contributed by atoms with Crippen molar-refractivity contribution >= 4 is 50.2 Å². The summed E-state index contributed by atoms with van der Waals surface area (Å²) in [5, 5.41) is 8.33. The molecule has 1 aliphatic rings. The fourth-order valence-electron chi connectivity index (χ4n) is 3.33. The first-order chi connectivity index (χ1) is 13.7. The van der Waals surface area contributed by atoms with Crippen LogP contribution in [-0.4, -0.2) is 44.6 Å². The number of anilines is 1. The number of carbonyl (C=O) groups excluding carboxylic acids is 2. The van der Waals surface area contributed by atoms with Gasteiger partial charge in [-0.15, -0.1) is 0 Å². The first-order valence-electron chi connectivity index (χ1n) is 9.50. The summed E-state index contributed by atoms with van der Waals surface area (Å²) < 4.78 is 2.45. The van der Waals surface area contributed by atoms with Crippen LogP contribution in [0.25, 0.3) is 10.3 Å². The molecule has 0 unspecified atom stereocenters. The molecule has 0 radical (unpaired) electrons. The lowest BCUT2D eigenvalue weighted by Crippen LogP contribution is -2.29. The summed E-state index contributed by atoms with van der Waals surface area (Å²) in [5.41, 5.74) is 1.09. The molecule has 2 aromatic heterocycles. The molecule has 1 aliphatic heterocycles. The topological polar surface area (TPSA) is 80.1 Å². The molecule has 3 heterocycles. The first kappa shape index (κ1) is 19.8. The van der Waals surface area contributed by atoms with Gasteiger partial charge < -0.3 is 4.90 Å². The van der Waals surface area contributed by atoms with Crippen molar-refractivity contribution in [3.05, 3.63) is 40.5 Å². The van der Waals surface area contributed by atoms with E-state index in [-0.39, 0.29) is 17.4 Å². The quantitative estimate of drug-likeness (QED) is 0.666. The first-order valence-corrected chi connectivity index (χ1v) is 10.7. The van der Waals surface area contributed by atoms with Crippen molar-refractivity contribution < 1.29 is 9.59 Å². The number of aromatic nitrogens is 3. The number of nitrogens with zero attached hydrogens (tertiary/aromatic N) is 4. The van der Waals surface area contributed by atoms with E-state index in [4.69, 9.17) is 11.6 Å². The van der Waals surface area contributed by atoms with E-state index < -0.39 is 0 Å². The molecule has 9 heteroatoms. The van der Waals surface area contributed by atoms with Gasteiger partial charge in [0.15, 0.2) is 16.5 Å². The van der Waals surface area contributed by atoms with Crippen LogP contribution in [0.1, 0.15) is 54.5 Å². The Morgan fingerprint density at radius 2 is 1.93 bits per heavy atom. The van der Waals surface area contributed by atoms with Crippen LogP contribution >= 0.6 is 22.9 Å². The van der Waals surface area contributed by atoms with E-state index in [0.717, 1.165) is 25.9 Å². The van der Waals surface area contributed by atoms with E-state index in [0.29, 0.717) is 31.8 Å². The lowest BCUT2D eigenvalue weighted by atomic mass is 10.1. The fourth-order valence-corrected chi connectivity index (χ4v) is 4.44. The molecule has 0 spiro atoms. The van der Waals surface area contributed by atoms with Crippen LogP contribution in [0.2, 0.25) is 5.02 Å². The number of hydrogen-bond donors (Lipinski definition) is 1. The van der Waals surface area contributed by atoms with Gasteiger partial charge in [0.05, 0.1) is 5.54 Å². The van der Waals surface area contributed by atoms with Crippen molar-refractivity contribution in [3.63, 3.8) is 0 Å². The van der Waals surface area contributed by atoms with Crippen LogP contribution in [0, 0.1) is 0 Å². The Kier molecular flexibility index (Phi) is 5.08. The highest BCUT2D eigenvalue weighted by molar-refractivity contribution is 7.22. The molecule has 29 heavy (non-hydrogen) atoms. The van der Waals surface area contributed by atoms with Gasteiger partial charge in [0.1, 0.15) is 4.70 Å². The second-order valence-corrected chi connectivity index (χ2v) is 9.50. The van der Waals surface area contributed by atoms with Crippen LogP contribution in [-0.2, 0) is 5.54 Å². The largest absolute Gasteiger partial charge is 0.337 e. The minimum absolute atomic E-state index is 0.0770. The van der Waals surface area contributed by atoms with E-state index in [2.05, 4.69) is 15.4 Å². The van der Waals surface area contributed by atoms with Crippen LogP contribution in [0.15, 0.2) is 24.3 Å². The van der Waals surface area contributed by atoms with Crippen LogP contribution < -0.4 is 5.32 Å². The Hall–Kier alpha value is -2.45. The monoisotopic (exact) mass is 431 g/mol. The molecule has 152 valence electrons. The average Bonchev–Trinajstić information content (AvgIpc) is 3.36. The lowest BCUT2D eigenvalue weighted by Gasteiger charge is -2.19. The summed E-state index contributed by atoms with van der Waals surface area (Å²) in [6, 6.07) is 6.72. The van der Waals surface area contributed by atoms with E-state index in [1.54, 1.807) is 28.9 Å². The van der Waals surface area contributed by atoms with E-state index in [9.17, 15) is 9.59 Å². The Bertz CT molecular complexity index is 1090. The molecule has 0 saturated carbocycles. The zero-order valence-corrected chi connectivity index (χ0v) is 18.1. The maximum atomic E-state index is 13.0. The molecule has 0 atom stereocenters. The molecule has 0 bridgehead atoms. The molecule has 7 nitrogen and oxygen atoms in total. The molecular weight excluding hydrogens is 410 g/mol. The average molecular weight is 432 g/mol. The number of carbonyl (C=O) groups is 2. The number of nitrogens with one attached hydrogen (secondary N) is 1. The second kappa shape index (κ2) is 7.42. The van der Waals surface area contributed by atoms with Gasteiger partial charge in [-0.3, -0.25) is 14.9 Å². The molecular formula is C20H22ClN5O2S. The highest BCUT2D eigenvalue weighted by Gasteiger charge is 2.30. The number of halogens is 1. The Labute approximate surface area is 177 Å². The van der Waals surface area contributed by atoms with Crippen molar-refractivity contribution in [1.82, 2.24) is 19.7 Å². The second-order valence-electron chi connectivity index (χ2n) is 8.07. The van der Waals surface area contributed by atoms with Gasteiger partial charge in [-0.1, -0.05) is 29.0 Å². The Balaban J connectivity index is 1.71. The summed E-state index contributed by atoms with van der Waals surface area (Å²) >= 11 is 7.25. The van der Waals surface area contributed by atoms with Gasteiger partial charge in [-0.05, 0) is 51.8 Å². The summed E-state index contributed by atoms with van der Waals surface area (Å²) in [6.07, 6.45) is 2.02. The van der Waals surface area contributed by atoms with E-state index in [1.165, 1.54) is 11.3 Å². The molecule has 4 rings (SSSR count). The Morgan fingerprint density at radius 3 is 2.59 bits per heavy atom. The normalized spacial score (nSPS) is 14.6. The number of amides is 2. The summed E-state index contributed by atoms with van der Waals surface area (Å²) in [6.45, 7) is 7.52. The van der Waals surface area contributed by atoms with Crippen molar-refractivity contribution in [2.24, 2.45) is 0 Å². The van der Waals surface area contributed by atoms with Gasteiger partial charge in [-0.25, -0.2) is 4.68 Å². The minimum Gasteiger partial charge on any atom is -0.337 e. The Morgan fingerprint density at radius 1 is 1.21 bits per heavy atom. The number of hydrogen-bond acceptors (Lipinski definition) is 5. The number of benzene rings is 1. The summed E-state index contributed by atoms with van der Waals surface area (Å²) in [4.78, 5) is 32.0. The van der Waals surface area contributed by atoms with Gasteiger partial charge in [0.25, 0.3) is 11.8 Å². The predicted octanol–water partition coefficient (Wildman–Crippen LogP) is 4.39. The molecule has 3 aromatic rings. The highest BCUT2D eigenvalue weighted by Crippen LogP contribution is 2.33. The summed E-state index contributed by atoms with van der Waals surface area (Å²) in [7, 11) is 0. The summed E-state index contributed by atoms with van der Waals surface area (Å²) in [5.74, 6) is -0.376. The molecule has 0 aliphatic carbocycles. The SMILES string of the molecule is CC(C)(C)n1nc(C(=O)N2CCCC2)c2sc(NC(=O)c3cccc(Cl)c3)nc21. The lowest BCUT2D eigenvalue weighted by molar-refractivity contribution is 0.0787. The van der Waals surface area contributed by atoms with E-state index in [1.807, 2.05) is 25.7 Å². The molecule has 1 N–H and O–H groups in total. The third-order valence-electron chi connectivity index (χ3n) is 4.76. The van der Waals surface area contributed by atoms with Gasteiger partial charge in [-0.2, -0.15) is 10.1 Å². The number of fused-ring (bicyclic) bond motifs is 1. The molecule has 1 saturated heterocycles. The number of thiazole rings is 1. The zero-order valence-electron chi connectivity index (χ0n) is 16.5. The number of likely N-dealkylation sites (tertiary alicyclic amines) is 1. The zero-order chi connectivity index (χ0) is 20.8. The third-order valence-corrected chi connectivity index (χ3v) is 5.97. The highest BCUT2D eigenvalue weighted by atomic mass is 35.5. The van der Waals surface area contributed by atoms with E-state index >= 15 is 0 Å². The van der Waals surface area contributed by atoms with Crippen molar-refractivity contribution in [1.29, 1.82) is 0 Å². The minimum atomic E-state index is -0.357. The molecule has 1 fully saturated rings. The standard InChI is InChI=1S/C20H22ClN5O2S/c1-20(2,3)26-16-15(14(24-26)18(28)25-9-4-5-10-25)29-19(22-16)23-17(27)12-7-6-8-13(21)11-12/h6-8,11H,4-5,9-10H2,1-3H3,(H,22,23,27). The molecule has 1 aromatic carbocycles. The van der Waals surface area contributed by atoms with Crippen molar-refractivity contribution in [2.45, 2.75) is 39.2 Å². The third kappa shape index (κ3) is 3.86. The van der Waals surface area contributed by atoms with Crippen molar-refractivity contribution in [2.75, 3.05) is 18.4 Å². The molecule has 2 amide bonds. The van der Waals surface area contributed by atoms with Crippen LogP contribution in [0.4, 0.5) is 5.13 Å². The van der Waals surface area contributed by atoms with Crippen LogP contribution in [0.3, 0.4) is 0 Å². The van der Waals surface area contributed by atoms with Crippen molar-refractivity contribution in [3.8, 4) is 0 Å². The maximum Gasteiger partial charge on any atom is 0.275 e. The smallest absolute Gasteiger partial charge is 0.275 e. The maximum absolute atomic E-state index is 13.0. The van der Waals surface area contributed by atoms with Gasteiger partial charge >= 0.3 is 0 Å². The van der Waals surface area contributed by atoms with Crippen LogP contribution in [0.5, 0.6) is 0 Å². The fraction of sp³-hybridized carbons (Fsp3) is 0.400. The van der Waals surface area contributed by atoms with Gasteiger partial charge in [0, 0.05) is 23.7 Å².